The molecule has 0 radical (unpaired) electrons. The van der Waals surface area contributed by atoms with Crippen LogP contribution in [0.4, 0.5) is 5.69 Å². The number of nitrogens with zero attached hydrogens (tertiary/aromatic N) is 2. The Morgan fingerprint density at radius 2 is 2.12 bits per heavy atom. The van der Waals surface area contributed by atoms with E-state index in [9.17, 15) is 19.5 Å². The van der Waals surface area contributed by atoms with Crippen LogP contribution in [0.2, 0.25) is 0 Å². The first kappa shape index (κ1) is 16.8. The van der Waals surface area contributed by atoms with Gasteiger partial charge in [-0.05, 0) is 26.0 Å². The van der Waals surface area contributed by atoms with Gasteiger partial charge in [0.25, 0.3) is 12.0 Å². The second kappa shape index (κ2) is 6.44. The monoisotopic (exact) mass is 347 g/mol. The van der Waals surface area contributed by atoms with Crippen LogP contribution >= 0.6 is 0 Å². The number of ether oxygens (including phenoxy) is 2. The maximum Gasteiger partial charge on any atom is 0.345 e. The molecule has 0 amide bonds. The van der Waals surface area contributed by atoms with Crippen LogP contribution in [0.3, 0.4) is 0 Å². The predicted molar refractivity (Wildman–Crippen MR) is 88.3 cm³/mol. The van der Waals surface area contributed by atoms with Crippen molar-refractivity contribution in [3.8, 4) is 11.4 Å². The molecule has 1 aromatic carbocycles. The van der Waals surface area contributed by atoms with E-state index in [1.807, 2.05) is 6.92 Å². The van der Waals surface area contributed by atoms with E-state index in [1.54, 1.807) is 30.0 Å². The Morgan fingerprint density at radius 1 is 1.36 bits per heavy atom. The number of aromatic amines is 1. The van der Waals surface area contributed by atoms with Crippen molar-refractivity contribution in [2.45, 2.75) is 20.3 Å². The summed E-state index contributed by atoms with van der Waals surface area (Å²) >= 11 is 0. The number of aromatic nitrogens is 2. The molecule has 2 heterocycles. The number of esters is 1. The number of nitrogens with one attached hydrogen (secondary N) is 1. The van der Waals surface area contributed by atoms with Crippen molar-refractivity contribution in [2.75, 3.05) is 18.1 Å². The van der Waals surface area contributed by atoms with Gasteiger partial charge in [0.2, 0.25) is 0 Å². The van der Waals surface area contributed by atoms with E-state index < -0.39 is 23.6 Å². The minimum atomic E-state index is -1.10. The number of carbonyl (C=O) groups excluding carboxylic acids is 1. The second-order valence-corrected chi connectivity index (χ2v) is 5.27. The van der Waals surface area contributed by atoms with Crippen molar-refractivity contribution < 1.29 is 19.4 Å². The van der Waals surface area contributed by atoms with Crippen LogP contribution in [-0.4, -0.2) is 40.2 Å². The number of hydrogen-bond acceptors (Lipinski definition) is 7. The molecule has 9 nitrogen and oxygen atoms in total. The van der Waals surface area contributed by atoms with Crippen LogP contribution in [0.1, 0.15) is 24.2 Å². The van der Waals surface area contributed by atoms with Gasteiger partial charge < -0.3 is 19.5 Å². The van der Waals surface area contributed by atoms with Gasteiger partial charge in [0, 0.05) is 18.8 Å². The zero-order valence-electron chi connectivity index (χ0n) is 13.7. The number of hydrogen-bond donors (Lipinski definition) is 2. The lowest BCUT2D eigenvalue weighted by Gasteiger charge is -2.18. The molecule has 1 aliphatic heterocycles. The number of fused-ring (bicyclic) bond motifs is 1. The molecule has 2 N–H and O–H groups in total. The van der Waals surface area contributed by atoms with Crippen molar-refractivity contribution in [1.82, 2.24) is 9.55 Å². The van der Waals surface area contributed by atoms with Gasteiger partial charge in [0.05, 0.1) is 18.0 Å². The van der Waals surface area contributed by atoms with E-state index >= 15 is 0 Å². The third kappa shape index (κ3) is 2.89. The number of anilines is 1. The average Bonchev–Trinajstić information content (AvgIpc) is 2.89. The number of aliphatic hydroxyl groups excluding tert-OH is 1. The van der Waals surface area contributed by atoms with E-state index in [1.165, 1.54) is 0 Å². The Morgan fingerprint density at radius 3 is 2.80 bits per heavy atom. The highest BCUT2D eigenvalue weighted by Crippen LogP contribution is 2.37. The highest BCUT2D eigenvalue weighted by molar-refractivity contribution is 5.88. The van der Waals surface area contributed by atoms with Gasteiger partial charge in [0.1, 0.15) is 5.56 Å². The molecule has 1 aromatic heterocycles. The maximum absolute atomic E-state index is 12.1. The summed E-state index contributed by atoms with van der Waals surface area (Å²) in [4.78, 5) is 39.5. The normalized spacial score (nSPS) is 15.6. The van der Waals surface area contributed by atoms with Gasteiger partial charge in [-0.25, -0.2) is 9.59 Å². The maximum atomic E-state index is 12.1. The minimum absolute atomic E-state index is 0.106. The zero-order valence-corrected chi connectivity index (χ0v) is 13.7. The summed E-state index contributed by atoms with van der Waals surface area (Å²) in [5, 5.41) is 9.87. The lowest BCUT2D eigenvalue weighted by Crippen LogP contribution is -2.33. The number of benzene rings is 1. The van der Waals surface area contributed by atoms with Crippen molar-refractivity contribution in [3.05, 3.63) is 50.8 Å². The molecule has 2 aromatic rings. The zero-order chi connectivity index (χ0) is 18.1. The summed E-state index contributed by atoms with van der Waals surface area (Å²) in [5.41, 5.74) is -0.746. The SMILES string of the molecule is CCOC(=O)c1cn(-c2ccc3c(c2)OC(O)N3CC)c(=O)[nH]c1=O. The number of aliphatic hydroxyl groups is 1. The third-order valence-corrected chi connectivity index (χ3v) is 3.81. The highest BCUT2D eigenvalue weighted by Gasteiger charge is 2.28. The fourth-order valence-electron chi connectivity index (χ4n) is 2.62. The molecule has 0 saturated carbocycles. The van der Waals surface area contributed by atoms with E-state index in [0.717, 1.165) is 10.8 Å². The van der Waals surface area contributed by atoms with E-state index in [-0.39, 0.29) is 12.2 Å². The summed E-state index contributed by atoms with van der Waals surface area (Å²) in [6.07, 6.45) is 0.0294. The molecule has 1 unspecified atom stereocenters. The van der Waals surface area contributed by atoms with E-state index in [2.05, 4.69) is 4.98 Å². The van der Waals surface area contributed by atoms with Crippen molar-refractivity contribution in [2.24, 2.45) is 0 Å². The largest absolute Gasteiger partial charge is 0.462 e. The molecule has 0 aliphatic carbocycles. The summed E-state index contributed by atoms with van der Waals surface area (Å²) < 4.78 is 11.3. The van der Waals surface area contributed by atoms with Crippen LogP contribution < -0.4 is 20.9 Å². The smallest absolute Gasteiger partial charge is 0.345 e. The van der Waals surface area contributed by atoms with Crippen molar-refractivity contribution >= 4 is 11.7 Å². The molecule has 0 spiro atoms. The van der Waals surface area contributed by atoms with Crippen molar-refractivity contribution in [3.63, 3.8) is 0 Å². The van der Waals surface area contributed by atoms with Gasteiger partial charge >= 0.3 is 11.7 Å². The molecule has 132 valence electrons. The second-order valence-electron chi connectivity index (χ2n) is 5.27. The molecule has 1 atom stereocenters. The van der Waals surface area contributed by atoms with Crippen LogP contribution in [0, 0.1) is 0 Å². The van der Waals surface area contributed by atoms with Crippen LogP contribution in [0.15, 0.2) is 34.0 Å². The number of rotatable bonds is 4. The van der Waals surface area contributed by atoms with Gasteiger partial charge in [-0.3, -0.25) is 14.3 Å². The molecule has 0 saturated heterocycles. The Balaban J connectivity index is 2.08. The van der Waals surface area contributed by atoms with E-state index in [0.29, 0.717) is 23.7 Å². The Kier molecular flexibility index (Phi) is 4.32. The van der Waals surface area contributed by atoms with Gasteiger partial charge in [0.15, 0.2) is 5.75 Å². The topological polar surface area (TPSA) is 114 Å². The Labute approximate surface area is 142 Å². The summed E-state index contributed by atoms with van der Waals surface area (Å²) in [7, 11) is 0. The fourth-order valence-corrected chi connectivity index (χ4v) is 2.62. The third-order valence-electron chi connectivity index (χ3n) is 3.81. The summed E-state index contributed by atoms with van der Waals surface area (Å²) in [6, 6.07) is 4.85. The average molecular weight is 347 g/mol. The molecular formula is C16H17N3O6. The predicted octanol–water partition coefficient (Wildman–Crippen LogP) is 0.197. The fraction of sp³-hybridized carbons (Fsp3) is 0.312. The van der Waals surface area contributed by atoms with Crippen LogP contribution in [0.5, 0.6) is 5.75 Å². The first-order valence-corrected chi connectivity index (χ1v) is 7.75. The highest BCUT2D eigenvalue weighted by atomic mass is 16.6. The molecule has 25 heavy (non-hydrogen) atoms. The molecule has 0 fully saturated rings. The van der Waals surface area contributed by atoms with Crippen LogP contribution in [0.25, 0.3) is 5.69 Å². The standard InChI is InChI=1S/C16H17N3O6/c1-3-18-11-6-5-9(7-12(11)25-16(18)23)19-8-10(14(21)24-4-2)13(20)17-15(19)22/h5-8,16,23H,3-4H2,1-2H3,(H,17,20,22). The summed E-state index contributed by atoms with van der Waals surface area (Å²) in [6.45, 7) is 4.13. The lowest BCUT2D eigenvalue weighted by atomic mass is 10.2. The molecule has 9 heteroatoms. The van der Waals surface area contributed by atoms with Crippen molar-refractivity contribution in [1.29, 1.82) is 0 Å². The molecular weight excluding hydrogens is 330 g/mol. The van der Waals surface area contributed by atoms with Crippen LogP contribution in [-0.2, 0) is 4.74 Å². The molecule has 0 bridgehead atoms. The molecule has 3 rings (SSSR count). The van der Waals surface area contributed by atoms with E-state index in [4.69, 9.17) is 9.47 Å². The first-order valence-electron chi connectivity index (χ1n) is 7.75. The Hall–Kier alpha value is -3.07. The number of H-pyrrole nitrogens is 1. The molecule has 1 aliphatic rings. The van der Waals surface area contributed by atoms with Gasteiger partial charge in [-0.15, -0.1) is 0 Å². The Bertz CT molecular complexity index is 932. The van der Waals surface area contributed by atoms with Gasteiger partial charge in [-0.1, -0.05) is 0 Å². The quantitative estimate of drug-likeness (QED) is 0.759. The first-order chi connectivity index (χ1) is 12.0. The minimum Gasteiger partial charge on any atom is -0.462 e. The lowest BCUT2D eigenvalue weighted by molar-refractivity contribution is -0.00189. The van der Waals surface area contributed by atoms with Gasteiger partial charge in [-0.2, -0.15) is 0 Å². The summed E-state index contributed by atoms with van der Waals surface area (Å²) in [5.74, 6) is -0.426. The number of carbonyl (C=O) groups is 1.